The summed E-state index contributed by atoms with van der Waals surface area (Å²) in [6.45, 7) is 9.60. The van der Waals surface area contributed by atoms with E-state index in [2.05, 4.69) is 20.6 Å². The minimum absolute atomic E-state index is 0.332. The van der Waals surface area contributed by atoms with Crippen LogP contribution in [-0.4, -0.2) is 29.9 Å². The van der Waals surface area contributed by atoms with Crippen LogP contribution >= 0.6 is 0 Å². The fourth-order valence-electron chi connectivity index (χ4n) is 3.44. The highest BCUT2D eigenvalue weighted by Crippen LogP contribution is 2.26. The van der Waals surface area contributed by atoms with Crippen molar-refractivity contribution in [3.63, 3.8) is 0 Å². The van der Waals surface area contributed by atoms with Gasteiger partial charge in [-0.05, 0) is 74.7 Å². The third kappa shape index (κ3) is 7.11. The molecular weight excluding hydrogens is 456 g/mol. The summed E-state index contributed by atoms with van der Waals surface area (Å²) in [5.74, 6) is 1.45. The number of rotatable bonds is 12. The van der Waals surface area contributed by atoms with Gasteiger partial charge in [-0.1, -0.05) is 28.5 Å². The van der Waals surface area contributed by atoms with E-state index < -0.39 is 0 Å². The number of anilines is 1. The molecule has 1 heterocycles. The summed E-state index contributed by atoms with van der Waals surface area (Å²) in [5.41, 5.74) is 18.3. The third-order valence-electron chi connectivity index (χ3n) is 5.42. The Balaban J connectivity index is 1.66. The molecule has 0 amide bonds. The lowest BCUT2D eigenvalue weighted by Crippen LogP contribution is -2.14. The van der Waals surface area contributed by atoms with Gasteiger partial charge in [0.15, 0.2) is 11.7 Å². The highest BCUT2D eigenvalue weighted by Gasteiger charge is 2.11. The molecule has 0 aliphatic rings. The maximum Gasteiger partial charge on any atom is 0.170 e. The fraction of sp³-hybridized carbons (Fsp3) is 0.296. The highest BCUT2D eigenvalue weighted by molar-refractivity contribution is 5.97. The minimum atomic E-state index is 0.332. The topological polar surface area (TPSA) is 129 Å². The monoisotopic (exact) mass is 490 g/mol. The van der Waals surface area contributed by atoms with Crippen LogP contribution < -0.4 is 21.5 Å². The van der Waals surface area contributed by atoms with E-state index in [1.165, 1.54) is 0 Å². The molecule has 0 aliphatic heterocycles. The Bertz CT molecular complexity index is 1210. The normalized spacial score (nSPS) is 11.8. The zero-order valence-corrected chi connectivity index (χ0v) is 21.2. The molecule has 9 nitrogen and oxygen atoms in total. The lowest BCUT2D eigenvalue weighted by molar-refractivity contribution is 0.158. The summed E-state index contributed by atoms with van der Waals surface area (Å²) >= 11 is 0. The molecule has 3 rings (SSSR count). The van der Waals surface area contributed by atoms with Crippen molar-refractivity contribution in [1.29, 1.82) is 0 Å². The van der Waals surface area contributed by atoms with E-state index in [0.29, 0.717) is 38.0 Å². The van der Waals surface area contributed by atoms with Crippen LogP contribution in [0.5, 0.6) is 5.75 Å². The van der Waals surface area contributed by atoms with Crippen LogP contribution in [0.3, 0.4) is 0 Å². The maximum absolute atomic E-state index is 6.20. The van der Waals surface area contributed by atoms with E-state index in [4.69, 9.17) is 25.9 Å². The molecule has 0 saturated heterocycles. The lowest BCUT2D eigenvalue weighted by atomic mass is 10.1. The quantitative estimate of drug-likeness (QED) is 0.197. The number of aryl methyl sites for hydroxylation is 1. The van der Waals surface area contributed by atoms with Gasteiger partial charge in [0.05, 0.1) is 5.69 Å². The number of nitrogens with two attached hydrogens (primary N) is 2. The van der Waals surface area contributed by atoms with Crippen LogP contribution in [0, 0.1) is 13.8 Å². The summed E-state index contributed by atoms with van der Waals surface area (Å²) < 4.78 is 6.20. The SMILES string of the molecule is CCO/N=C(\N)c1ccc(NCc2cnc(C)c(OCc3cccc(/C(N)=N/OCC)c3)c2C)cc1. The predicted molar refractivity (Wildman–Crippen MR) is 143 cm³/mol. The zero-order valence-electron chi connectivity index (χ0n) is 21.2. The van der Waals surface area contributed by atoms with Crippen molar-refractivity contribution in [2.75, 3.05) is 18.5 Å². The molecule has 190 valence electrons. The number of ether oxygens (including phenoxy) is 1. The number of amidine groups is 2. The van der Waals surface area contributed by atoms with Gasteiger partial charge >= 0.3 is 0 Å². The van der Waals surface area contributed by atoms with Gasteiger partial charge < -0.3 is 31.2 Å². The van der Waals surface area contributed by atoms with Gasteiger partial charge in [-0.25, -0.2) is 0 Å². The van der Waals surface area contributed by atoms with E-state index in [9.17, 15) is 0 Å². The van der Waals surface area contributed by atoms with Crippen LogP contribution in [0.1, 0.15) is 47.4 Å². The molecule has 1 aromatic heterocycles. The van der Waals surface area contributed by atoms with Crippen LogP contribution in [0.4, 0.5) is 5.69 Å². The van der Waals surface area contributed by atoms with Crippen molar-refractivity contribution in [1.82, 2.24) is 4.98 Å². The van der Waals surface area contributed by atoms with Gasteiger partial charge in [-0.3, -0.25) is 4.98 Å². The van der Waals surface area contributed by atoms with Crippen LogP contribution in [0.2, 0.25) is 0 Å². The predicted octanol–water partition coefficient (Wildman–Crippen LogP) is 4.20. The van der Waals surface area contributed by atoms with Crippen molar-refractivity contribution >= 4 is 17.4 Å². The molecule has 5 N–H and O–H groups in total. The van der Waals surface area contributed by atoms with Crippen molar-refractivity contribution in [2.24, 2.45) is 21.8 Å². The summed E-state index contributed by atoms with van der Waals surface area (Å²) in [6, 6.07) is 15.4. The molecule has 0 aliphatic carbocycles. The van der Waals surface area contributed by atoms with E-state index in [1.54, 1.807) is 0 Å². The summed E-state index contributed by atoms with van der Waals surface area (Å²) in [7, 11) is 0. The van der Waals surface area contributed by atoms with Crippen LogP contribution in [0.15, 0.2) is 65.0 Å². The van der Waals surface area contributed by atoms with Gasteiger partial charge in [0.25, 0.3) is 0 Å². The third-order valence-corrected chi connectivity index (χ3v) is 5.42. The molecule has 0 unspecified atom stereocenters. The van der Waals surface area contributed by atoms with Gasteiger partial charge in [0.1, 0.15) is 25.6 Å². The van der Waals surface area contributed by atoms with E-state index >= 15 is 0 Å². The molecule has 3 aromatic rings. The van der Waals surface area contributed by atoms with Crippen molar-refractivity contribution in [3.05, 3.63) is 88.2 Å². The lowest BCUT2D eigenvalue weighted by Gasteiger charge is -2.16. The number of nitrogens with zero attached hydrogens (tertiary/aromatic N) is 3. The minimum Gasteiger partial charge on any atom is -0.487 e. The second-order valence-corrected chi connectivity index (χ2v) is 8.03. The average molecular weight is 491 g/mol. The molecular formula is C27H34N6O3. The molecule has 36 heavy (non-hydrogen) atoms. The number of hydrogen-bond donors (Lipinski definition) is 3. The zero-order chi connectivity index (χ0) is 25.9. The molecule has 0 spiro atoms. The van der Waals surface area contributed by atoms with E-state index in [0.717, 1.165) is 44.9 Å². The molecule has 9 heteroatoms. The van der Waals surface area contributed by atoms with Crippen LogP contribution in [-0.2, 0) is 22.8 Å². The van der Waals surface area contributed by atoms with Gasteiger partial charge in [0.2, 0.25) is 0 Å². The summed E-state index contributed by atoms with van der Waals surface area (Å²) in [6.07, 6.45) is 1.87. The number of oxime groups is 2. The number of pyridine rings is 1. The van der Waals surface area contributed by atoms with Gasteiger partial charge in [-0.2, -0.15) is 0 Å². The average Bonchev–Trinajstić information content (AvgIpc) is 2.90. The highest BCUT2D eigenvalue weighted by atomic mass is 16.6. The molecule has 0 saturated carbocycles. The Morgan fingerprint density at radius 3 is 2.25 bits per heavy atom. The van der Waals surface area contributed by atoms with E-state index in [1.807, 2.05) is 82.4 Å². The first kappa shape index (κ1) is 26.3. The molecule has 0 bridgehead atoms. The Morgan fingerprint density at radius 2 is 1.58 bits per heavy atom. The summed E-state index contributed by atoms with van der Waals surface area (Å²) in [4.78, 5) is 14.6. The fourth-order valence-corrected chi connectivity index (χ4v) is 3.44. The number of benzene rings is 2. The first-order valence-electron chi connectivity index (χ1n) is 11.8. The standard InChI is InChI=1S/C27H34N6O3/c1-5-35-32-26(28)21-10-12-24(13-11-21)31-16-23-15-30-19(4)25(18(23)3)34-17-20-8-7-9-22(14-20)27(29)33-36-6-2/h7-15,31H,5-6,16-17H2,1-4H3,(H2,28,32)(H2,29,33). The maximum atomic E-state index is 6.20. The van der Waals surface area contributed by atoms with Gasteiger partial charge in [0, 0.05) is 29.6 Å². The Hall–Kier alpha value is -4.27. The number of aromatic nitrogens is 1. The number of hydrogen-bond acceptors (Lipinski definition) is 7. The second-order valence-electron chi connectivity index (χ2n) is 8.03. The molecule has 0 atom stereocenters. The first-order chi connectivity index (χ1) is 17.4. The Morgan fingerprint density at radius 1 is 0.917 bits per heavy atom. The Kier molecular flexibility index (Phi) is 9.50. The Labute approximate surface area is 212 Å². The van der Waals surface area contributed by atoms with Crippen molar-refractivity contribution in [2.45, 2.75) is 40.8 Å². The molecule has 0 radical (unpaired) electrons. The largest absolute Gasteiger partial charge is 0.487 e. The molecule has 2 aromatic carbocycles. The van der Waals surface area contributed by atoms with E-state index in [-0.39, 0.29) is 0 Å². The van der Waals surface area contributed by atoms with Crippen LogP contribution in [0.25, 0.3) is 0 Å². The van der Waals surface area contributed by atoms with Crippen molar-refractivity contribution < 1.29 is 14.4 Å². The smallest absolute Gasteiger partial charge is 0.170 e. The van der Waals surface area contributed by atoms with Crippen molar-refractivity contribution in [3.8, 4) is 5.75 Å². The summed E-state index contributed by atoms with van der Waals surface area (Å²) in [5, 5.41) is 11.2. The number of nitrogens with one attached hydrogen (secondary N) is 1. The second kappa shape index (κ2) is 13.0. The molecule has 0 fully saturated rings. The first-order valence-corrected chi connectivity index (χ1v) is 11.8. The van der Waals surface area contributed by atoms with Gasteiger partial charge in [-0.15, -0.1) is 0 Å².